The number of thioether (sulfide) groups is 1. The van der Waals surface area contributed by atoms with Crippen LogP contribution in [0.3, 0.4) is 0 Å². The van der Waals surface area contributed by atoms with Crippen molar-refractivity contribution in [2.45, 2.75) is 19.6 Å². The molecule has 0 bridgehead atoms. The fourth-order valence-electron chi connectivity index (χ4n) is 1.88. The zero-order valence-corrected chi connectivity index (χ0v) is 14.0. The van der Waals surface area contributed by atoms with Crippen LogP contribution in [0, 0.1) is 24.0 Å². The quantitative estimate of drug-likeness (QED) is 0.626. The van der Waals surface area contributed by atoms with Gasteiger partial charge in [0.15, 0.2) is 0 Å². The van der Waals surface area contributed by atoms with Gasteiger partial charge in [0.05, 0.1) is 16.4 Å². The molecule has 0 aliphatic carbocycles. The van der Waals surface area contributed by atoms with Crippen LogP contribution in [0.1, 0.15) is 17.0 Å². The van der Waals surface area contributed by atoms with Crippen molar-refractivity contribution in [3.8, 4) is 0 Å². The van der Waals surface area contributed by atoms with Gasteiger partial charge in [-0.05, 0) is 26.0 Å². The van der Waals surface area contributed by atoms with Crippen molar-refractivity contribution in [3.63, 3.8) is 0 Å². The van der Waals surface area contributed by atoms with Crippen molar-refractivity contribution in [1.29, 1.82) is 0 Å². The molecule has 0 saturated heterocycles. The van der Waals surface area contributed by atoms with Crippen molar-refractivity contribution >= 4 is 40.6 Å². The van der Waals surface area contributed by atoms with E-state index >= 15 is 0 Å². The highest BCUT2D eigenvalue weighted by Gasteiger charge is 2.14. The maximum absolute atomic E-state index is 11.9. The Kier molecular flexibility index (Phi) is 5.62. The van der Waals surface area contributed by atoms with Gasteiger partial charge in [-0.25, -0.2) is 0 Å². The van der Waals surface area contributed by atoms with E-state index in [1.807, 2.05) is 13.8 Å². The molecule has 2 rings (SSSR count). The molecule has 0 aliphatic heterocycles. The van der Waals surface area contributed by atoms with Crippen LogP contribution in [0.15, 0.2) is 22.7 Å². The van der Waals surface area contributed by atoms with E-state index in [1.54, 1.807) is 0 Å². The highest BCUT2D eigenvalue weighted by Crippen LogP contribution is 2.27. The molecular weight excluding hydrogens is 342 g/mol. The second-order valence-corrected chi connectivity index (χ2v) is 6.16. The van der Waals surface area contributed by atoms with Crippen LogP contribution in [0.25, 0.3) is 0 Å². The summed E-state index contributed by atoms with van der Waals surface area (Å²) in [7, 11) is 0. The van der Waals surface area contributed by atoms with E-state index in [0.29, 0.717) is 11.4 Å². The average molecular weight is 356 g/mol. The number of nitro benzene ring substituents is 1. The summed E-state index contributed by atoms with van der Waals surface area (Å²) >= 11 is 7.13. The molecule has 1 amide bonds. The molecule has 1 aromatic heterocycles. The minimum Gasteiger partial charge on any atom is -0.361 e. The lowest BCUT2D eigenvalue weighted by molar-refractivity contribution is -0.384. The van der Waals surface area contributed by atoms with Gasteiger partial charge in [0.1, 0.15) is 10.8 Å². The number of nitro groups is 1. The second kappa shape index (κ2) is 7.47. The van der Waals surface area contributed by atoms with Gasteiger partial charge in [-0.15, -0.1) is 11.8 Å². The lowest BCUT2D eigenvalue weighted by Gasteiger charge is -2.06. The Morgan fingerprint density at radius 3 is 2.83 bits per heavy atom. The molecule has 122 valence electrons. The van der Waals surface area contributed by atoms with Crippen LogP contribution in [0.4, 0.5) is 11.4 Å². The Morgan fingerprint density at radius 1 is 1.48 bits per heavy atom. The van der Waals surface area contributed by atoms with Crippen LogP contribution in [-0.2, 0) is 10.5 Å². The first-order chi connectivity index (χ1) is 10.9. The average Bonchev–Trinajstić information content (AvgIpc) is 2.80. The molecule has 0 saturated carbocycles. The van der Waals surface area contributed by atoms with E-state index in [9.17, 15) is 14.9 Å². The number of nitrogens with zero attached hydrogens (tertiary/aromatic N) is 2. The van der Waals surface area contributed by atoms with E-state index in [2.05, 4.69) is 10.5 Å². The first-order valence-corrected chi connectivity index (χ1v) is 8.15. The lowest BCUT2D eigenvalue weighted by atomic mass is 10.2. The SMILES string of the molecule is Cc1noc(C)c1CSCC(=O)Nc1ccc(Cl)c([N+](=O)[O-])c1. The third-order valence-electron chi connectivity index (χ3n) is 3.09. The Morgan fingerprint density at radius 2 is 2.22 bits per heavy atom. The number of carbonyl (C=O) groups is 1. The number of aryl methyl sites for hydroxylation is 2. The van der Waals surface area contributed by atoms with Gasteiger partial charge in [-0.1, -0.05) is 16.8 Å². The number of hydrogen-bond acceptors (Lipinski definition) is 6. The van der Waals surface area contributed by atoms with Crippen molar-refractivity contribution in [2.24, 2.45) is 0 Å². The van der Waals surface area contributed by atoms with Gasteiger partial charge in [0, 0.05) is 23.1 Å². The van der Waals surface area contributed by atoms with Crippen molar-refractivity contribution in [1.82, 2.24) is 5.16 Å². The summed E-state index contributed by atoms with van der Waals surface area (Å²) in [5.74, 6) is 1.30. The molecule has 9 heteroatoms. The number of nitrogens with one attached hydrogen (secondary N) is 1. The zero-order chi connectivity index (χ0) is 17.0. The molecule has 0 spiro atoms. The molecule has 0 fully saturated rings. The molecule has 23 heavy (non-hydrogen) atoms. The number of hydrogen-bond donors (Lipinski definition) is 1. The van der Waals surface area contributed by atoms with Crippen LogP contribution >= 0.6 is 23.4 Å². The summed E-state index contributed by atoms with van der Waals surface area (Å²) in [6, 6.07) is 4.14. The number of carbonyl (C=O) groups excluding carboxylic acids is 1. The van der Waals surface area contributed by atoms with Crippen molar-refractivity contribution in [2.75, 3.05) is 11.1 Å². The number of rotatable bonds is 6. The van der Waals surface area contributed by atoms with Crippen molar-refractivity contribution < 1.29 is 14.2 Å². The van der Waals surface area contributed by atoms with Gasteiger partial charge < -0.3 is 9.84 Å². The summed E-state index contributed by atoms with van der Waals surface area (Å²) in [6.07, 6.45) is 0. The van der Waals surface area contributed by atoms with Crippen molar-refractivity contribution in [3.05, 3.63) is 50.4 Å². The maximum atomic E-state index is 11.9. The first kappa shape index (κ1) is 17.3. The summed E-state index contributed by atoms with van der Waals surface area (Å²) in [5, 5.41) is 17.3. The minimum atomic E-state index is -0.593. The van der Waals surface area contributed by atoms with Gasteiger partial charge in [0.25, 0.3) is 5.69 Å². The normalized spacial score (nSPS) is 10.6. The smallest absolute Gasteiger partial charge is 0.289 e. The second-order valence-electron chi connectivity index (χ2n) is 4.77. The molecule has 0 radical (unpaired) electrons. The largest absolute Gasteiger partial charge is 0.361 e. The molecule has 1 N–H and O–H groups in total. The maximum Gasteiger partial charge on any atom is 0.289 e. The number of halogens is 1. The summed E-state index contributed by atoms with van der Waals surface area (Å²) in [6.45, 7) is 3.67. The fourth-order valence-corrected chi connectivity index (χ4v) is 3.04. The Labute approximate surface area is 141 Å². The molecule has 0 atom stereocenters. The molecule has 1 heterocycles. The van der Waals surface area contributed by atoms with Crippen LogP contribution < -0.4 is 5.32 Å². The number of aromatic nitrogens is 1. The van der Waals surface area contributed by atoms with E-state index < -0.39 is 4.92 Å². The topological polar surface area (TPSA) is 98.3 Å². The summed E-state index contributed by atoms with van der Waals surface area (Å²) in [4.78, 5) is 22.1. The molecular formula is C14H14ClN3O4S. The molecule has 1 aromatic carbocycles. The predicted octanol–water partition coefficient (Wildman–Crippen LogP) is 3.72. The van der Waals surface area contributed by atoms with Crippen LogP contribution in [0.5, 0.6) is 0 Å². The van der Waals surface area contributed by atoms with E-state index in [4.69, 9.17) is 16.1 Å². The number of anilines is 1. The third-order valence-corrected chi connectivity index (χ3v) is 4.37. The lowest BCUT2D eigenvalue weighted by Crippen LogP contribution is -2.14. The van der Waals surface area contributed by atoms with Crippen LogP contribution in [-0.4, -0.2) is 21.7 Å². The first-order valence-electron chi connectivity index (χ1n) is 6.61. The molecule has 0 aliphatic rings. The number of amides is 1. The van der Waals surface area contributed by atoms with E-state index in [1.165, 1.54) is 30.0 Å². The highest BCUT2D eigenvalue weighted by molar-refractivity contribution is 7.99. The van der Waals surface area contributed by atoms with Gasteiger partial charge in [-0.3, -0.25) is 14.9 Å². The van der Waals surface area contributed by atoms with Gasteiger partial charge >= 0.3 is 0 Å². The van der Waals surface area contributed by atoms with E-state index in [0.717, 1.165) is 17.0 Å². The number of benzene rings is 1. The fraction of sp³-hybridized carbons (Fsp3) is 0.286. The summed E-state index contributed by atoms with van der Waals surface area (Å²) < 4.78 is 5.06. The molecule has 7 nitrogen and oxygen atoms in total. The van der Waals surface area contributed by atoms with Crippen LogP contribution in [0.2, 0.25) is 5.02 Å². The minimum absolute atomic E-state index is 0.0285. The molecule has 0 unspecified atom stereocenters. The predicted molar refractivity (Wildman–Crippen MR) is 88.9 cm³/mol. The molecule has 2 aromatic rings. The van der Waals surface area contributed by atoms with Gasteiger partial charge in [-0.2, -0.15) is 0 Å². The summed E-state index contributed by atoms with van der Waals surface area (Å²) in [5.41, 5.74) is 1.88. The Balaban J connectivity index is 1.90. The van der Waals surface area contributed by atoms with Gasteiger partial charge in [0.2, 0.25) is 5.91 Å². The standard InChI is InChI=1S/C14H14ClN3O4S/c1-8-11(9(2)22-17-8)6-23-7-14(19)16-10-3-4-12(15)13(5-10)18(20)21/h3-5H,6-7H2,1-2H3,(H,16,19). The third kappa shape index (κ3) is 4.46. The zero-order valence-electron chi connectivity index (χ0n) is 12.5. The monoisotopic (exact) mass is 355 g/mol. The van der Waals surface area contributed by atoms with E-state index in [-0.39, 0.29) is 22.4 Å². The Bertz CT molecular complexity index is 728. The Hall–Kier alpha value is -2.06. The highest BCUT2D eigenvalue weighted by atomic mass is 35.5.